The first-order valence-electron chi connectivity index (χ1n) is 11.9. The van der Waals surface area contributed by atoms with Crippen molar-refractivity contribution in [2.24, 2.45) is 4.99 Å². The molecule has 7 nitrogen and oxygen atoms in total. The molecule has 2 aliphatic heterocycles. The third-order valence-electron chi connectivity index (χ3n) is 7.13. The van der Waals surface area contributed by atoms with Crippen LogP contribution in [0, 0.1) is 6.92 Å². The molecular weight excluding hydrogens is 423 g/mol. The van der Waals surface area contributed by atoms with Crippen LogP contribution < -0.4 is 0 Å². The smallest absolute Gasteiger partial charge is 0.333 e. The molecule has 4 rings (SSSR count). The van der Waals surface area contributed by atoms with E-state index < -0.39 is 25.6 Å². The van der Waals surface area contributed by atoms with Gasteiger partial charge in [-0.05, 0) is 53.0 Å². The highest BCUT2D eigenvalue weighted by Gasteiger charge is 2.62. The number of rotatable bonds is 5. The fraction of sp³-hybridized carbons (Fsp3) is 0.667. The molecule has 2 fully saturated rings. The third kappa shape index (κ3) is 3.63. The Morgan fingerprint density at radius 2 is 1.56 bits per heavy atom. The van der Waals surface area contributed by atoms with Gasteiger partial charge in [-0.2, -0.15) is 0 Å². The number of benzene rings is 1. The van der Waals surface area contributed by atoms with Crippen molar-refractivity contribution < 1.29 is 14.1 Å². The molecule has 1 saturated heterocycles. The molecule has 0 spiro atoms. The molecule has 3 aliphatic rings. The van der Waals surface area contributed by atoms with E-state index in [1.165, 1.54) is 7.11 Å². The molecule has 0 aromatic heterocycles. The molecule has 176 valence electrons. The monoisotopic (exact) mass is 460 g/mol. The number of hydrogen-bond donors (Lipinski definition) is 0. The van der Waals surface area contributed by atoms with E-state index in [0.717, 1.165) is 36.8 Å². The summed E-state index contributed by atoms with van der Waals surface area (Å²) in [5.41, 5.74) is 2.07. The number of methoxy groups -OCH3 is 1. The largest absolute Gasteiger partial charge is 0.467 e. The third-order valence-corrected chi connectivity index (χ3v) is 10.8. The normalized spacial score (nSPS) is 30.3. The second kappa shape index (κ2) is 8.92. The van der Waals surface area contributed by atoms with E-state index in [9.17, 15) is 4.79 Å². The predicted molar refractivity (Wildman–Crippen MR) is 128 cm³/mol. The lowest BCUT2D eigenvalue weighted by Gasteiger charge is -2.43. The molecule has 1 aromatic rings. The minimum atomic E-state index is -3.23. The first-order chi connectivity index (χ1) is 15.2. The van der Waals surface area contributed by atoms with E-state index >= 15 is 4.57 Å². The molecular formula is C24H37N4O3P. The van der Waals surface area contributed by atoms with Crippen LogP contribution in [0.2, 0.25) is 0 Å². The van der Waals surface area contributed by atoms with E-state index in [4.69, 9.17) is 4.74 Å². The summed E-state index contributed by atoms with van der Waals surface area (Å²) in [6.07, 6.45) is 6.09. The summed E-state index contributed by atoms with van der Waals surface area (Å²) in [6.45, 7) is 10.6. The van der Waals surface area contributed by atoms with Crippen LogP contribution in [0.4, 0.5) is 0 Å². The highest BCUT2D eigenvalue weighted by molar-refractivity contribution is 7.57. The number of aliphatic imine (C=N–C) groups is 1. The highest BCUT2D eigenvalue weighted by atomic mass is 31.2. The topological polar surface area (TPSA) is 65.5 Å². The van der Waals surface area contributed by atoms with Gasteiger partial charge in [0.25, 0.3) is 0 Å². The van der Waals surface area contributed by atoms with E-state index in [0.29, 0.717) is 0 Å². The van der Waals surface area contributed by atoms with Gasteiger partial charge in [0.05, 0.1) is 19.5 Å². The molecule has 0 radical (unpaired) electrons. The SMILES string of the molecule is COC(=O)[C@@H]1N=CN(P2(=O)N(C(C)C)[C@@H]3CCCC[C@H]3N2C(C)C)[C@H]1c1ccc(C)cc1. The maximum atomic E-state index is 15.4. The first-order valence-corrected chi connectivity index (χ1v) is 13.4. The molecule has 0 N–H and O–H groups in total. The van der Waals surface area contributed by atoms with Gasteiger partial charge in [0, 0.05) is 24.2 Å². The van der Waals surface area contributed by atoms with Gasteiger partial charge in [0.2, 0.25) is 0 Å². The van der Waals surface area contributed by atoms with E-state index in [2.05, 4.69) is 42.0 Å². The zero-order valence-corrected chi connectivity index (χ0v) is 21.0. The van der Waals surface area contributed by atoms with Crippen LogP contribution in [0.3, 0.4) is 0 Å². The zero-order chi connectivity index (χ0) is 23.2. The summed E-state index contributed by atoms with van der Waals surface area (Å²) in [5, 5.41) is 0. The maximum Gasteiger partial charge on any atom is 0.333 e. The summed E-state index contributed by atoms with van der Waals surface area (Å²) in [5.74, 6) is -0.398. The van der Waals surface area contributed by atoms with Gasteiger partial charge in [-0.3, -0.25) is 14.2 Å². The second-order valence-corrected chi connectivity index (χ2v) is 12.3. The van der Waals surface area contributed by atoms with Gasteiger partial charge in [-0.1, -0.05) is 42.7 Å². The molecule has 1 saturated carbocycles. The van der Waals surface area contributed by atoms with Crippen molar-refractivity contribution in [3.8, 4) is 0 Å². The Balaban J connectivity index is 1.86. The Bertz CT molecular complexity index is 888. The Hall–Kier alpha value is -1.69. The van der Waals surface area contributed by atoms with Crippen LogP contribution in [0.25, 0.3) is 0 Å². The minimum absolute atomic E-state index is 0.111. The van der Waals surface area contributed by atoms with Crippen molar-refractivity contribution in [3.63, 3.8) is 0 Å². The predicted octanol–water partition coefficient (Wildman–Crippen LogP) is 4.78. The molecule has 4 atom stereocenters. The molecule has 1 aromatic carbocycles. The van der Waals surface area contributed by atoms with Crippen LogP contribution in [0.5, 0.6) is 0 Å². The molecule has 8 heteroatoms. The maximum absolute atomic E-state index is 15.4. The van der Waals surface area contributed by atoms with Gasteiger partial charge in [0.1, 0.15) is 0 Å². The summed E-state index contributed by atoms with van der Waals surface area (Å²) in [6, 6.07) is 7.63. The summed E-state index contributed by atoms with van der Waals surface area (Å²) in [4.78, 5) is 17.3. The van der Waals surface area contributed by atoms with Crippen molar-refractivity contribution in [1.82, 2.24) is 14.0 Å². The second-order valence-electron chi connectivity index (χ2n) is 9.85. The van der Waals surface area contributed by atoms with Crippen molar-refractivity contribution in [2.45, 2.75) is 96.6 Å². The molecule has 2 heterocycles. The molecule has 0 bridgehead atoms. The Labute approximate surface area is 192 Å². The lowest BCUT2D eigenvalue weighted by atomic mass is 9.89. The number of hydrogen-bond acceptors (Lipinski definition) is 4. The van der Waals surface area contributed by atoms with Crippen molar-refractivity contribution in [3.05, 3.63) is 35.4 Å². The molecule has 32 heavy (non-hydrogen) atoms. The number of carbonyl (C=O) groups is 1. The molecule has 0 unspecified atom stereocenters. The average Bonchev–Trinajstić information content (AvgIpc) is 3.31. The van der Waals surface area contributed by atoms with E-state index in [-0.39, 0.29) is 24.2 Å². The lowest BCUT2D eigenvalue weighted by Crippen LogP contribution is -2.43. The van der Waals surface area contributed by atoms with Crippen LogP contribution >= 0.6 is 7.59 Å². The summed E-state index contributed by atoms with van der Waals surface area (Å²) in [7, 11) is -1.84. The van der Waals surface area contributed by atoms with E-state index in [1.807, 2.05) is 35.9 Å². The number of aryl methyl sites for hydroxylation is 1. The van der Waals surface area contributed by atoms with Gasteiger partial charge in [0.15, 0.2) is 6.04 Å². The number of ether oxygens (including phenoxy) is 1. The van der Waals surface area contributed by atoms with Crippen molar-refractivity contribution in [1.29, 1.82) is 0 Å². The van der Waals surface area contributed by atoms with Crippen LogP contribution in [-0.2, 0) is 14.1 Å². The Morgan fingerprint density at radius 1 is 1.03 bits per heavy atom. The Morgan fingerprint density at radius 3 is 2.03 bits per heavy atom. The summed E-state index contributed by atoms with van der Waals surface area (Å²) < 4.78 is 26.9. The van der Waals surface area contributed by atoms with Crippen LogP contribution in [0.15, 0.2) is 29.3 Å². The lowest BCUT2D eigenvalue weighted by molar-refractivity contribution is -0.142. The standard InChI is InChI=1S/C24H37N4O3P/c1-16(2)27-20-9-7-8-10-21(20)28(17(3)4)32(27,30)26-15-25-22(24(29)31-6)23(26)19-13-11-18(5)12-14-19/h11-17,20-23H,7-10H2,1-6H3/t20-,21-,22-,23+/m1/s1. The van der Waals surface area contributed by atoms with Crippen molar-refractivity contribution in [2.75, 3.05) is 7.11 Å². The number of carbonyl (C=O) groups excluding carboxylic acids is 1. The highest BCUT2D eigenvalue weighted by Crippen LogP contribution is 2.69. The quantitative estimate of drug-likeness (QED) is 0.466. The average molecular weight is 461 g/mol. The Kier molecular flexibility index (Phi) is 6.54. The fourth-order valence-corrected chi connectivity index (χ4v) is 9.91. The van der Waals surface area contributed by atoms with Crippen molar-refractivity contribution >= 4 is 19.9 Å². The zero-order valence-electron chi connectivity index (χ0n) is 20.1. The van der Waals surface area contributed by atoms with Gasteiger partial charge >= 0.3 is 13.6 Å². The first kappa shape index (κ1) is 23.5. The number of nitrogens with zero attached hydrogens (tertiary/aromatic N) is 4. The number of fused-ring (bicyclic) bond motifs is 1. The van der Waals surface area contributed by atoms with Crippen LogP contribution in [-0.4, -0.2) is 63.6 Å². The van der Waals surface area contributed by atoms with Crippen LogP contribution in [0.1, 0.15) is 70.5 Å². The molecule has 0 amide bonds. The minimum Gasteiger partial charge on any atom is -0.467 e. The number of esters is 1. The summed E-state index contributed by atoms with van der Waals surface area (Å²) >= 11 is 0. The molecule has 1 aliphatic carbocycles. The van der Waals surface area contributed by atoms with Gasteiger partial charge < -0.3 is 4.74 Å². The fourth-order valence-electron chi connectivity index (χ4n) is 5.90. The van der Waals surface area contributed by atoms with Gasteiger partial charge in [-0.25, -0.2) is 14.1 Å². The van der Waals surface area contributed by atoms with E-state index in [1.54, 1.807) is 6.34 Å². The van der Waals surface area contributed by atoms with Gasteiger partial charge in [-0.15, -0.1) is 0 Å².